The van der Waals surface area contributed by atoms with Gasteiger partial charge in [-0.1, -0.05) is 47.5 Å². The molecule has 0 heterocycles. The molecule has 0 fully saturated rings. The van der Waals surface area contributed by atoms with Crippen LogP contribution in [0.5, 0.6) is 0 Å². The number of halogens is 1. The van der Waals surface area contributed by atoms with E-state index in [9.17, 15) is 0 Å². The summed E-state index contributed by atoms with van der Waals surface area (Å²) in [6.45, 7) is 2.08. The van der Waals surface area contributed by atoms with Crippen LogP contribution >= 0.6 is 11.6 Å². The van der Waals surface area contributed by atoms with Gasteiger partial charge in [0.25, 0.3) is 0 Å². The maximum atomic E-state index is 6.27. The smallest absolute Gasteiger partial charge is 0.0584 e. The van der Waals surface area contributed by atoms with E-state index in [1.165, 1.54) is 5.56 Å². The molecule has 0 saturated carbocycles. The summed E-state index contributed by atoms with van der Waals surface area (Å²) >= 11 is 6.27. The molecule has 0 aliphatic carbocycles. The van der Waals surface area contributed by atoms with E-state index < -0.39 is 0 Å². The first-order valence-electron chi connectivity index (χ1n) is 5.54. The fourth-order valence-corrected chi connectivity index (χ4v) is 2.10. The van der Waals surface area contributed by atoms with Gasteiger partial charge in [-0.2, -0.15) is 0 Å². The molecular formula is C15H15ClN. The number of anilines is 1. The first-order chi connectivity index (χ1) is 8.09. The SMILES string of the molecule is Cc1ccc(-c2c(Cl)[c]ccc2N(C)C)cc1. The van der Waals surface area contributed by atoms with Crippen LogP contribution in [0.1, 0.15) is 5.56 Å². The largest absolute Gasteiger partial charge is 0.377 e. The molecule has 0 aliphatic rings. The molecule has 0 saturated heterocycles. The van der Waals surface area contributed by atoms with E-state index >= 15 is 0 Å². The summed E-state index contributed by atoms with van der Waals surface area (Å²) in [5, 5.41) is 0.667. The van der Waals surface area contributed by atoms with Crippen LogP contribution in [-0.2, 0) is 0 Å². The van der Waals surface area contributed by atoms with Crippen molar-refractivity contribution in [2.75, 3.05) is 19.0 Å². The van der Waals surface area contributed by atoms with Gasteiger partial charge >= 0.3 is 0 Å². The summed E-state index contributed by atoms with van der Waals surface area (Å²) in [7, 11) is 4.03. The number of nitrogens with zero attached hydrogens (tertiary/aromatic N) is 1. The highest BCUT2D eigenvalue weighted by Crippen LogP contribution is 2.35. The van der Waals surface area contributed by atoms with Crippen molar-refractivity contribution in [3.05, 3.63) is 53.1 Å². The summed E-state index contributed by atoms with van der Waals surface area (Å²) in [4.78, 5) is 2.06. The van der Waals surface area contributed by atoms with E-state index in [0.717, 1.165) is 16.8 Å². The van der Waals surface area contributed by atoms with Crippen LogP contribution in [0.15, 0.2) is 36.4 Å². The third kappa shape index (κ3) is 2.45. The van der Waals surface area contributed by atoms with Crippen LogP contribution in [0.25, 0.3) is 11.1 Å². The molecule has 0 atom stereocenters. The topological polar surface area (TPSA) is 3.24 Å². The van der Waals surface area contributed by atoms with Gasteiger partial charge in [0, 0.05) is 31.4 Å². The van der Waals surface area contributed by atoms with Crippen molar-refractivity contribution in [1.82, 2.24) is 0 Å². The van der Waals surface area contributed by atoms with E-state index in [4.69, 9.17) is 11.6 Å². The molecule has 2 heteroatoms. The molecule has 1 radical (unpaired) electrons. The van der Waals surface area contributed by atoms with Gasteiger partial charge in [-0.15, -0.1) is 0 Å². The third-order valence-electron chi connectivity index (χ3n) is 2.75. The predicted octanol–water partition coefficient (Wildman–Crippen LogP) is 4.18. The zero-order valence-corrected chi connectivity index (χ0v) is 11.0. The van der Waals surface area contributed by atoms with Crippen molar-refractivity contribution in [1.29, 1.82) is 0 Å². The highest BCUT2D eigenvalue weighted by molar-refractivity contribution is 6.33. The monoisotopic (exact) mass is 244 g/mol. The molecule has 0 bridgehead atoms. The Hall–Kier alpha value is -1.47. The van der Waals surface area contributed by atoms with Crippen molar-refractivity contribution >= 4 is 17.3 Å². The van der Waals surface area contributed by atoms with E-state index in [0.29, 0.717) is 5.02 Å². The Balaban J connectivity index is 2.61. The quantitative estimate of drug-likeness (QED) is 0.766. The van der Waals surface area contributed by atoms with Crippen LogP contribution in [0.2, 0.25) is 5.02 Å². The van der Waals surface area contributed by atoms with Crippen molar-refractivity contribution in [3.63, 3.8) is 0 Å². The molecule has 1 nitrogen and oxygen atoms in total. The lowest BCUT2D eigenvalue weighted by Crippen LogP contribution is -2.10. The first-order valence-corrected chi connectivity index (χ1v) is 5.92. The molecule has 0 spiro atoms. The molecule has 0 aliphatic heterocycles. The molecule has 87 valence electrons. The zero-order chi connectivity index (χ0) is 12.4. The van der Waals surface area contributed by atoms with Crippen molar-refractivity contribution in [2.24, 2.45) is 0 Å². The van der Waals surface area contributed by atoms with E-state index in [1.54, 1.807) is 0 Å². The van der Waals surface area contributed by atoms with Crippen LogP contribution in [-0.4, -0.2) is 14.1 Å². The minimum atomic E-state index is 0.667. The Kier molecular flexibility index (Phi) is 3.39. The molecule has 0 aromatic heterocycles. The summed E-state index contributed by atoms with van der Waals surface area (Å²) < 4.78 is 0. The third-order valence-corrected chi connectivity index (χ3v) is 3.05. The summed E-state index contributed by atoms with van der Waals surface area (Å²) in [5.41, 5.74) is 4.52. The minimum Gasteiger partial charge on any atom is -0.377 e. The molecule has 2 rings (SSSR count). The fourth-order valence-electron chi connectivity index (χ4n) is 1.83. The molecule has 2 aromatic carbocycles. The average Bonchev–Trinajstić information content (AvgIpc) is 2.30. The second-order valence-electron chi connectivity index (χ2n) is 4.31. The first kappa shape index (κ1) is 12.0. The predicted molar refractivity (Wildman–Crippen MR) is 74.8 cm³/mol. The number of hydrogen-bond donors (Lipinski definition) is 0. The Morgan fingerprint density at radius 1 is 1.06 bits per heavy atom. The number of benzene rings is 2. The Morgan fingerprint density at radius 3 is 2.29 bits per heavy atom. The van der Waals surface area contributed by atoms with E-state index in [2.05, 4.69) is 42.2 Å². The van der Waals surface area contributed by atoms with Crippen molar-refractivity contribution in [3.8, 4) is 11.1 Å². The maximum Gasteiger partial charge on any atom is 0.0584 e. The van der Waals surface area contributed by atoms with Gasteiger partial charge in [0.1, 0.15) is 0 Å². The Labute approximate surface area is 108 Å². The minimum absolute atomic E-state index is 0.667. The average molecular weight is 245 g/mol. The van der Waals surface area contributed by atoms with Gasteiger partial charge in [0.2, 0.25) is 0 Å². The van der Waals surface area contributed by atoms with Gasteiger partial charge in [-0.05, 0) is 18.6 Å². The molecule has 0 amide bonds. The fraction of sp³-hybridized carbons (Fsp3) is 0.200. The van der Waals surface area contributed by atoms with E-state index in [1.807, 2.05) is 26.2 Å². The summed E-state index contributed by atoms with van der Waals surface area (Å²) in [6, 6.07) is 15.3. The van der Waals surface area contributed by atoms with Gasteiger partial charge in [0.05, 0.1) is 5.02 Å². The van der Waals surface area contributed by atoms with Crippen molar-refractivity contribution < 1.29 is 0 Å². The van der Waals surface area contributed by atoms with Crippen LogP contribution in [0.3, 0.4) is 0 Å². The van der Waals surface area contributed by atoms with Gasteiger partial charge in [-0.25, -0.2) is 0 Å². The number of aryl methyl sites for hydroxylation is 1. The molecule has 0 unspecified atom stereocenters. The lowest BCUT2D eigenvalue weighted by atomic mass is 10.0. The molecular weight excluding hydrogens is 230 g/mol. The van der Waals surface area contributed by atoms with Crippen molar-refractivity contribution in [2.45, 2.75) is 6.92 Å². The normalized spacial score (nSPS) is 10.4. The van der Waals surface area contributed by atoms with Crippen LogP contribution in [0, 0.1) is 13.0 Å². The van der Waals surface area contributed by atoms with Gasteiger partial charge < -0.3 is 4.90 Å². The zero-order valence-electron chi connectivity index (χ0n) is 10.3. The Bertz CT molecular complexity index is 515. The summed E-state index contributed by atoms with van der Waals surface area (Å²) in [5.74, 6) is 0. The van der Waals surface area contributed by atoms with Gasteiger partial charge in [-0.3, -0.25) is 0 Å². The second-order valence-corrected chi connectivity index (χ2v) is 4.69. The standard InChI is InChI=1S/C15H15ClN/c1-11-7-9-12(10-8-11)15-13(16)5-4-6-14(15)17(2)3/h4,6-10H,1-3H3. The summed E-state index contributed by atoms with van der Waals surface area (Å²) in [6.07, 6.45) is 0. The number of hydrogen-bond acceptors (Lipinski definition) is 1. The Morgan fingerprint density at radius 2 is 1.71 bits per heavy atom. The van der Waals surface area contributed by atoms with E-state index in [-0.39, 0.29) is 0 Å². The van der Waals surface area contributed by atoms with Crippen LogP contribution in [0.4, 0.5) is 5.69 Å². The number of rotatable bonds is 2. The molecule has 0 N–H and O–H groups in total. The maximum absolute atomic E-state index is 6.27. The lowest BCUT2D eigenvalue weighted by Gasteiger charge is -2.18. The van der Waals surface area contributed by atoms with Crippen LogP contribution < -0.4 is 4.90 Å². The highest BCUT2D eigenvalue weighted by Gasteiger charge is 2.10. The highest BCUT2D eigenvalue weighted by atomic mass is 35.5. The second kappa shape index (κ2) is 4.80. The van der Waals surface area contributed by atoms with Gasteiger partial charge in [0.15, 0.2) is 0 Å². The lowest BCUT2D eigenvalue weighted by molar-refractivity contribution is 1.13. The molecule has 17 heavy (non-hydrogen) atoms. The molecule has 2 aromatic rings.